The van der Waals surface area contributed by atoms with E-state index in [-0.39, 0.29) is 19.0 Å². The van der Waals surface area contributed by atoms with Crippen LogP contribution in [0, 0.1) is 0 Å². The van der Waals surface area contributed by atoms with Crippen LogP contribution in [0.5, 0.6) is 0 Å². The van der Waals surface area contributed by atoms with Crippen LogP contribution in [0.1, 0.15) is 23.7 Å². The third kappa shape index (κ3) is 3.14. The molecule has 6 heteroatoms. The van der Waals surface area contributed by atoms with Crippen molar-refractivity contribution in [1.82, 2.24) is 10.2 Å². The van der Waals surface area contributed by atoms with Gasteiger partial charge in [-0.25, -0.2) is 0 Å². The van der Waals surface area contributed by atoms with E-state index in [2.05, 4.69) is 10.6 Å². The van der Waals surface area contributed by atoms with Crippen LogP contribution in [0.3, 0.4) is 0 Å². The first-order chi connectivity index (χ1) is 9.61. The van der Waals surface area contributed by atoms with Gasteiger partial charge in [0, 0.05) is 12.2 Å². The first-order valence-corrected chi connectivity index (χ1v) is 6.56. The maximum Gasteiger partial charge on any atom is 0.256 e. The standard InChI is InChI=1S/C14H17N3O3/c1-2-7-15-11-6-4-3-5-10(11)14(20)17-8-12(18)16-13(19)9-17/h3-6,15H,2,7-9H2,1H3,(H,16,18,19). The van der Waals surface area contributed by atoms with Gasteiger partial charge in [-0.3, -0.25) is 19.7 Å². The molecular weight excluding hydrogens is 258 g/mol. The van der Waals surface area contributed by atoms with E-state index in [9.17, 15) is 14.4 Å². The second kappa shape index (κ2) is 6.18. The highest BCUT2D eigenvalue weighted by molar-refractivity contribution is 6.07. The van der Waals surface area contributed by atoms with E-state index in [1.807, 2.05) is 19.1 Å². The zero-order valence-corrected chi connectivity index (χ0v) is 11.3. The Hall–Kier alpha value is -2.37. The lowest BCUT2D eigenvalue weighted by atomic mass is 10.1. The number of carbonyl (C=O) groups excluding carboxylic acids is 3. The van der Waals surface area contributed by atoms with Gasteiger partial charge < -0.3 is 10.2 Å². The summed E-state index contributed by atoms with van der Waals surface area (Å²) in [6.07, 6.45) is 0.938. The summed E-state index contributed by atoms with van der Waals surface area (Å²) in [7, 11) is 0. The number of nitrogens with one attached hydrogen (secondary N) is 2. The van der Waals surface area contributed by atoms with Gasteiger partial charge in [-0.15, -0.1) is 0 Å². The van der Waals surface area contributed by atoms with Gasteiger partial charge in [0.25, 0.3) is 5.91 Å². The molecule has 0 radical (unpaired) electrons. The smallest absolute Gasteiger partial charge is 0.256 e. The molecule has 1 aromatic rings. The minimum Gasteiger partial charge on any atom is -0.384 e. The van der Waals surface area contributed by atoms with Crippen LogP contribution < -0.4 is 10.6 Å². The Kier molecular flexibility index (Phi) is 4.34. The number of hydrogen-bond donors (Lipinski definition) is 2. The van der Waals surface area contributed by atoms with Crippen LogP contribution in [0.2, 0.25) is 0 Å². The average molecular weight is 275 g/mol. The topological polar surface area (TPSA) is 78.5 Å². The fraction of sp³-hybridized carbons (Fsp3) is 0.357. The van der Waals surface area contributed by atoms with Gasteiger partial charge >= 0.3 is 0 Å². The number of carbonyl (C=O) groups is 3. The lowest BCUT2D eigenvalue weighted by molar-refractivity contribution is -0.135. The van der Waals surface area contributed by atoms with E-state index in [4.69, 9.17) is 0 Å². The molecule has 0 aromatic heterocycles. The van der Waals surface area contributed by atoms with Gasteiger partial charge in [0.1, 0.15) is 13.1 Å². The lowest BCUT2D eigenvalue weighted by Gasteiger charge is -2.26. The Bertz CT molecular complexity index is 526. The summed E-state index contributed by atoms with van der Waals surface area (Å²) in [4.78, 5) is 36.4. The van der Waals surface area contributed by atoms with Crippen molar-refractivity contribution in [2.24, 2.45) is 0 Å². The molecule has 0 saturated carbocycles. The summed E-state index contributed by atoms with van der Waals surface area (Å²) >= 11 is 0. The number of hydrogen-bond acceptors (Lipinski definition) is 4. The minimum atomic E-state index is -0.450. The van der Waals surface area contributed by atoms with Gasteiger partial charge in [0.2, 0.25) is 11.8 Å². The first-order valence-electron chi connectivity index (χ1n) is 6.56. The first kappa shape index (κ1) is 14.0. The van der Waals surface area contributed by atoms with Crippen molar-refractivity contribution in [2.45, 2.75) is 13.3 Å². The summed E-state index contributed by atoms with van der Waals surface area (Å²) in [5.41, 5.74) is 1.20. The van der Waals surface area contributed by atoms with E-state index < -0.39 is 11.8 Å². The van der Waals surface area contributed by atoms with Gasteiger partial charge in [-0.05, 0) is 18.6 Å². The fourth-order valence-corrected chi connectivity index (χ4v) is 2.03. The summed E-state index contributed by atoms with van der Waals surface area (Å²) in [5.74, 6) is -1.21. The molecule has 2 N–H and O–H groups in total. The van der Waals surface area contributed by atoms with Crippen LogP contribution in [-0.4, -0.2) is 42.3 Å². The van der Waals surface area contributed by atoms with E-state index in [0.717, 1.165) is 18.7 Å². The van der Waals surface area contributed by atoms with Crippen LogP contribution in [-0.2, 0) is 9.59 Å². The van der Waals surface area contributed by atoms with E-state index in [1.54, 1.807) is 12.1 Å². The van der Waals surface area contributed by atoms with Crippen LogP contribution >= 0.6 is 0 Å². The predicted octanol–water partition coefficient (Wildman–Crippen LogP) is 0.607. The second-order valence-corrected chi connectivity index (χ2v) is 4.60. The lowest BCUT2D eigenvalue weighted by Crippen LogP contribution is -2.53. The van der Waals surface area contributed by atoms with Crippen molar-refractivity contribution in [3.63, 3.8) is 0 Å². The molecule has 1 aliphatic rings. The van der Waals surface area contributed by atoms with Crippen LogP contribution in [0.25, 0.3) is 0 Å². The van der Waals surface area contributed by atoms with Gasteiger partial charge in [-0.1, -0.05) is 19.1 Å². The number of para-hydroxylation sites is 1. The molecule has 1 aromatic carbocycles. The van der Waals surface area contributed by atoms with E-state index in [0.29, 0.717) is 5.56 Å². The largest absolute Gasteiger partial charge is 0.384 e. The van der Waals surface area contributed by atoms with E-state index in [1.165, 1.54) is 4.90 Å². The summed E-state index contributed by atoms with van der Waals surface area (Å²) in [6, 6.07) is 7.10. The van der Waals surface area contributed by atoms with Crippen molar-refractivity contribution < 1.29 is 14.4 Å². The molecule has 0 aliphatic carbocycles. The molecule has 0 bridgehead atoms. The number of imide groups is 1. The zero-order valence-electron chi connectivity index (χ0n) is 11.3. The SMILES string of the molecule is CCCNc1ccccc1C(=O)N1CC(=O)NC(=O)C1. The molecule has 1 aliphatic heterocycles. The van der Waals surface area contributed by atoms with E-state index >= 15 is 0 Å². The highest BCUT2D eigenvalue weighted by Gasteiger charge is 2.28. The Balaban J connectivity index is 2.20. The normalized spacial score (nSPS) is 14.9. The Morgan fingerprint density at radius 1 is 1.25 bits per heavy atom. The summed E-state index contributed by atoms with van der Waals surface area (Å²) in [5, 5.41) is 5.35. The molecule has 106 valence electrons. The van der Waals surface area contributed by atoms with Crippen molar-refractivity contribution in [3.05, 3.63) is 29.8 Å². The molecule has 20 heavy (non-hydrogen) atoms. The third-order valence-corrected chi connectivity index (χ3v) is 2.96. The van der Waals surface area contributed by atoms with Crippen LogP contribution in [0.4, 0.5) is 5.69 Å². The molecule has 6 nitrogen and oxygen atoms in total. The number of benzene rings is 1. The summed E-state index contributed by atoms with van der Waals surface area (Å²) in [6.45, 7) is 2.61. The maximum atomic E-state index is 12.4. The number of rotatable bonds is 4. The number of piperazine rings is 1. The Labute approximate surface area is 117 Å². The average Bonchev–Trinajstić information content (AvgIpc) is 2.43. The van der Waals surface area contributed by atoms with Gasteiger partial charge in [0.15, 0.2) is 0 Å². The minimum absolute atomic E-state index is 0.0906. The quantitative estimate of drug-likeness (QED) is 0.789. The Morgan fingerprint density at radius 3 is 2.55 bits per heavy atom. The number of nitrogens with zero attached hydrogens (tertiary/aromatic N) is 1. The molecule has 0 atom stereocenters. The maximum absolute atomic E-state index is 12.4. The predicted molar refractivity (Wildman–Crippen MR) is 74.3 cm³/mol. The Morgan fingerprint density at radius 2 is 1.90 bits per heavy atom. The van der Waals surface area contributed by atoms with Crippen molar-refractivity contribution in [1.29, 1.82) is 0 Å². The number of amides is 3. The molecular formula is C14H17N3O3. The number of anilines is 1. The second-order valence-electron chi connectivity index (χ2n) is 4.60. The summed E-state index contributed by atoms with van der Waals surface area (Å²) < 4.78 is 0. The zero-order chi connectivity index (χ0) is 14.5. The molecule has 1 heterocycles. The molecule has 2 rings (SSSR count). The fourth-order valence-electron chi connectivity index (χ4n) is 2.03. The highest BCUT2D eigenvalue weighted by Crippen LogP contribution is 2.17. The monoisotopic (exact) mass is 275 g/mol. The third-order valence-electron chi connectivity index (χ3n) is 2.96. The van der Waals surface area contributed by atoms with Crippen molar-refractivity contribution in [2.75, 3.05) is 25.0 Å². The van der Waals surface area contributed by atoms with Crippen molar-refractivity contribution >= 4 is 23.4 Å². The molecule has 1 saturated heterocycles. The molecule has 1 fully saturated rings. The highest BCUT2D eigenvalue weighted by atomic mass is 16.2. The molecule has 3 amide bonds. The van der Waals surface area contributed by atoms with Crippen LogP contribution in [0.15, 0.2) is 24.3 Å². The van der Waals surface area contributed by atoms with Gasteiger partial charge in [0.05, 0.1) is 5.56 Å². The molecule has 0 unspecified atom stereocenters. The van der Waals surface area contributed by atoms with Gasteiger partial charge in [-0.2, -0.15) is 0 Å². The van der Waals surface area contributed by atoms with Crippen molar-refractivity contribution in [3.8, 4) is 0 Å². The molecule has 0 spiro atoms.